The highest BCUT2D eigenvalue weighted by Crippen LogP contribution is 2.67. The van der Waals surface area contributed by atoms with Crippen LogP contribution in [-0.4, -0.2) is 22.4 Å². The van der Waals surface area contributed by atoms with Crippen LogP contribution in [0, 0.1) is 22.7 Å². The van der Waals surface area contributed by atoms with Crippen molar-refractivity contribution in [3.8, 4) is 0 Å². The molecule has 4 rings (SSSR count). The standard InChI is InChI=1S/C31H54O2Si2/c1-27(2,3)34(9,10)32-31(33-35(11,12)28(4,5)6)21-13-15-23-17-18-24-25-16-14-20-29(25,7)22-19-26(24)30(23,31)8/h14,17-18,20,25-26H,13,15-16,19,21-22H2,1-12H3/t25-,26-,29-,30-/m0/s1. The molecule has 4 atom stereocenters. The lowest BCUT2D eigenvalue weighted by atomic mass is 9.50. The van der Waals surface area contributed by atoms with E-state index in [4.69, 9.17) is 8.85 Å². The summed E-state index contributed by atoms with van der Waals surface area (Å²) in [6.07, 6.45) is 17.1. The van der Waals surface area contributed by atoms with Crippen molar-refractivity contribution in [2.45, 2.75) is 136 Å². The molecular formula is C31H54O2Si2. The highest BCUT2D eigenvalue weighted by atomic mass is 28.4. The molecule has 0 aromatic heterocycles. The van der Waals surface area contributed by atoms with Gasteiger partial charge in [0.25, 0.3) is 0 Å². The SMILES string of the molecule is CC(C)(C)[Si](C)(C)OC1(O[Si](C)(C)C(C)(C)C)CCCC2=CC=C3[C@@H]4CC=C[C@@]4(C)CC[C@@H]3[C@]21C. The molecule has 2 nitrogen and oxygen atoms in total. The fourth-order valence-corrected chi connectivity index (χ4v) is 10.1. The minimum Gasteiger partial charge on any atom is -0.390 e. The molecule has 0 unspecified atom stereocenters. The maximum atomic E-state index is 7.69. The highest BCUT2D eigenvalue weighted by molar-refractivity contribution is 6.75. The third-order valence-electron chi connectivity index (χ3n) is 11.5. The van der Waals surface area contributed by atoms with Crippen LogP contribution >= 0.6 is 0 Å². The Morgan fingerprint density at radius 3 is 1.94 bits per heavy atom. The second-order valence-corrected chi connectivity index (χ2v) is 25.1. The fourth-order valence-electron chi connectivity index (χ4n) is 7.04. The number of hydrogen-bond donors (Lipinski definition) is 0. The smallest absolute Gasteiger partial charge is 0.195 e. The summed E-state index contributed by atoms with van der Waals surface area (Å²) in [5.41, 5.74) is 3.48. The van der Waals surface area contributed by atoms with Crippen LogP contribution in [-0.2, 0) is 8.85 Å². The van der Waals surface area contributed by atoms with Gasteiger partial charge in [0.15, 0.2) is 22.4 Å². The van der Waals surface area contributed by atoms with E-state index in [2.05, 4.69) is 106 Å². The fraction of sp³-hybridized carbons (Fsp3) is 0.806. The molecule has 0 aromatic rings. The third-order valence-corrected chi connectivity index (χ3v) is 20.4. The van der Waals surface area contributed by atoms with Crippen LogP contribution in [0.5, 0.6) is 0 Å². The Hall–Kier alpha value is -0.426. The average Bonchev–Trinajstić information content (AvgIpc) is 3.08. The zero-order chi connectivity index (χ0) is 26.3. The van der Waals surface area contributed by atoms with Crippen LogP contribution in [0.2, 0.25) is 36.3 Å². The maximum Gasteiger partial charge on any atom is 0.195 e. The number of fused-ring (bicyclic) bond motifs is 5. The summed E-state index contributed by atoms with van der Waals surface area (Å²) in [5, 5.41) is 0.282. The molecule has 0 N–H and O–H groups in total. The normalized spacial score (nSPS) is 35.1. The minimum absolute atomic E-state index is 0.107. The zero-order valence-corrected chi connectivity index (χ0v) is 27.0. The summed E-state index contributed by atoms with van der Waals surface area (Å²) in [7, 11) is -4.21. The molecule has 4 aliphatic carbocycles. The van der Waals surface area contributed by atoms with Crippen molar-refractivity contribution in [3.63, 3.8) is 0 Å². The highest BCUT2D eigenvalue weighted by Gasteiger charge is 2.65. The second kappa shape index (κ2) is 8.28. The van der Waals surface area contributed by atoms with Gasteiger partial charge in [-0.2, -0.15) is 0 Å². The average molecular weight is 515 g/mol. The van der Waals surface area contributed by atoms with Crippen molar-refractivity contribution in [2.24, 2.45) is 22.7 Å². The molecular weight excluding hydrogens is 461 g/mol. The van der Waals surface area contributed by atoms with E-state index in [1.165, 1.54) is 25.7 Å². The van der Waals surface area contributed by atoms with Crippen LogP contribution in [0.4, 0.5) is 0 Å². The molecule has 0 aliphatic heterocycles. The summed E-state index contributed by atoms with van der Waals surface area (Å²) in [6, 6.07) is 0. The molecule has 0 radical (unpaired) electrons. The molecule has 0 saturated heterocycles. The summed E-state index contributed by atoms with van der Waals surface area (Å²) in [6.45, 7) is 29.1. The lowest BCUT2D eigenvalue weighted by Crippen LogP contribution is -2.67. The first-order valence-corrected chi connectivity index (χ1v) is 20.1. The lowest BCUT2D eigenvalue weighted by Gasteiger charge is -2.64. The molecule has 4 aliphatic rings. The van der Waals surface area contributed by atoms with Crippen molar-refractivity contribution in [2.75, 3.05) is 0 Å². The Bertz CT molecular complexity index is 914. The molecule has 2 saturated carbocycles. The van der Waals surface area contributed by atoms with Gasteiger partial charge in [-0.15, -0.1) is 0 Å². The van der Waals surface area contributed by atoms with Gasteiger partial charge in [-0.05, 0) is 85.6 Å². The van der Waals surface area contributed by atoms with Crippen molar-refractivity contribution in [1.82, 2.24) is 0 Å². The van der Waals surface area contributed by atoms with E-state index in [-0.39, 0.29) is 15.5 Å². The number of allylic oxidation sites excluding steroid dienone is 5. The van der Waals surface area contributed by atoms with E-state index in [1.807, 2.05) is 0 Å². The second-order valence-electron chi connectivity index (χ2n) is 15.7. The molecule has 2 fully saturated rings. The van der Waals surface area contributed by atoms with E-state index in [0.717, 1.165) is 12.8 Å². The molecule has 35 heavy (non-hydrogen) atoms. The van der Waals surface area contributed by atoms with Crippen LogP contribution in [0.15, 0.2) is 35.5 Å². The van der Waals surface area contributed by atoms with Gasteiger partial charge in [0.1, 0.15) is 0 Å². The predicted molar refractivity (Wildman–Crippen MR) is 155 cm³/mol. The Morgan fingerprint density at radius 2 is 1.40 bits per heavy atom. The van der Waals surface area contributed by atoms with Crippen molar-refractivity contribution >= 4 is 16.6 Å². The quantitative estimate of drug-likeness (QED) is 0.211. The van der Waals surface area contributed by atoms with Crippen molar-refractivity contribution in [1.29, 1.82) is 0 Å². The number of hydrogen-bond acceptors (Lipinski definition) is 2. The first-order valence-electron chi connectivity index (χ1n) is 14.3. The lowest BCUT2D eigenvalue weighted by molar-refractivity contribution is -0.231. The first kappa shape index (κ1) is 27.6. The first-order chi connectivity index (χ1) is 15.8. The largest absolute Gasteiger partial charge is 0.390 e. The monoisotopic (exact) mass is 514 g/mol. The van der Waals surface area contributed by atoms with Crippen molar-refractivity contribution < 1.29 is 8.85 Å². The molecule has 0 heterocycles. The maximum absolute atomic E-state index is 7.69. The van der Waals surface area contributed by atoms with Crippen LogP contribution < -0.4 is 0 Å². The summed E-state index contributed by atoms with van der Waals surface area (Å²) < 4.78 is 15.4. The van der Waals surface area contributed by atoms with E-state index >= 15 is 0 Å². The molecule has 198 valence electrons. The minimum atomic E-state index is -2.11. The summed E-state index contributed by atoms with van der Waals surface area (Å²) in [4.78, 5) is 0. The molecule has 0 amide bonds. The number of rotatable bonds is 4. The van der Waals surface area contributed by atoms with Gasteiger partial charge < -0.3 is 8.85 Å². The van der Waals surface area contributed by atoms with E-state index < -0.39 is 22.4 Å². The van der Waals surface area contributed by atoms with E-state index in [0.29, 0.717) is 17.3 Å². The van der Waals surface area contributed by atoms with Gasteiger partial charge in [0.2, 0.25) is 0 Å². The van der Waals surface area contributed by atoms with E-state index in [1.54, 1.807) is 11.1 Å². The van der Waals surface area contributed by atoms with E-state index in [9.17, 15) is 0 Å². The summed E-state index contributed by atoms with van der Waals surface area (Å²) >= 11 is 0. The molecule has 4 heteroatoms. The van der Waals surface area contributed by atoms with Gasteiger partial charge in [-0.1, -0.05) is 90.8 Å². The molecule has 0 bridgehead atoms. The third kappa shape index (κ3) is 4.17. The van der Waals surface area contributed by atoms with Gasteiger partial charge in [0.05, 0.1) is 0 Å². The molecule has 0 aromatic carbocycles. The Morgan fingerprint density at radius 1 is 0.829 bits per heavy atom. The van der Waals surface area contributed by atoms with Crippen LogP contribution in [0.25, 0.3) is 0 Å². The van der Waals surface area contributed by atoms with Crippen LogP contribution in [0.3, 0.4) is 0 Å². The Balaban J connectivity index is 1.88. The Labute approximate surface area is 219 Å². The van der Waals surface area contributed by atoms with Gasteiger partial charge in [-0.3, -0.25) is 0 Å². The summed E-state index contributed by atoms with van der Waals surface area (Å²) in [5.74, 6) is 0.596. The predicted octanol–water partition coefficient (Wildman–Crippen LogP) is 9.78. The van der Waals surface area contributed by atoms with Gasteiger partial charge in [0, 0.05) is 11.8 Å². The Kier molecular flexibility index (Phi) is 6.53. The molecule has 0 spiro atoms. The zero-order valence-electron chi connectivity index (χ0n) is 25.0. The topological polar surface area (TPSA) is 18.5 Å². The van der Waals surface area contributed by atoms with Crippen LogP contribution in [0.1, 0.15) is 93.9 Å². The van der Waals surface area contributed by atoms with Gasteiger partial charge in [-0.25, -0.2) is 0 Å². The van der Waals surface area contributed by atoms with Crippen molar-refractivity contribution in [3.05, 3.63) is 35.5 Å². The van der Waals surface area contributed by atoms with Gasteiger partial charge >= 0.3 is 0 Å².